The molecule has 4 heteroatoms. The van der Waals surface area contributed by atoms with Crippen molar-refractivity contribution in [3.05, 3.63) is 83.4 Å². The largest absolute Gasteiger partial charge is 0.481 e. The minimum atomic E-state index is -0.857. The van der Waals surface area contributed by atoms with Crippen LogP contribution in [0.5, 0.6) is 11.5 Å². The van der Waals surface area contributed by atoms with E-state index in [0.29, 0.717) is 16.5 Å². The highest BCUT2D eigenvalue weighted by molar-refractivity contribution is 6.30. The molecule has 0 unspecified atom stereocenters. The highest BCUT2D eigenvalue weighted by Crippen LogP contribution is 2.35. The molecule has 0 aliphatic carbocycles. The topological polar surface area (TPSA) is 46.5 Å². The highest BCUT2D eigenvalue weighted by atomic mass is 35.5. The van der Waals surface area contributed by atoms with Crippen molar-refractivity contribution in [3.63, 3.8) is 0 Å². The second-order valence-electron chi connectivity index (χ2n) is 5.33. The zero-order valence-corrected chi connectivity index (χ0v) is 13.5. The summed E-state index contributed by atoms with van der Waals surface area (Å²) < 4.78 is 5.96. The van der Waals surface area contributed by atoms with Gasteiger partial charge in [0.2, 0.25) is 0 Å². The lowest BCUT2D eigenvalue weighted by Gasteiger charge is -2.13. The molecule has 3 aromatic rings. The van der Waals surface area contributed by atoms with Gasteiger partial charge in [-0.3, -0.25) is 4.79 Å². The first-order valence-corrected chi connectivity index (χ1v) is 7.83. The number of halogens is 1. The Kier molecular flexibility index (Phi) is 4.82. The Morgan fingerprint density at radius 2 is 1.75 bits per heavy atom. The smallest absolute Gasteiger partial charge is 0.307 e. The van der Waals surface area contributed by atoms with E-state index in [9.17, 15) is 4.79 Å². The average Bonchev–Trinajstić information content (AvgIpc) is 2.55. The third-order valence-corrected chi connectivity index (χ3v) is 3.74. The fraction of sp³-hybridized carbons (Fsp3) is 0.0500. The van der Waals surface area contributed by atoms with E-state index in [2.05, 4.69) is 0 Å². The van der Waals surface area contributed by atoms with Crippen molar-refractivity contribution in [3.8, 4) is 22.6 Å². The summed E-state index contributed by atoms with van der Waals surface area (Å²) in [5, 5.41) is 9.55. The SMILES string of the molecule is O=C(O)Cc1cccc(-c2ccc(Cl)cc2Oc2ccccc2)c1. The van der Waals surface area contributed by atoms with E-state index in [1.807, 2.05) is 54.6 Å². The van der Waals surface area contributed by atoms with Crippen molar-refractivity contribution in [2.24, 2.45) is 0 Å². The number of carboxylic acid groups (broad SMARTS) is 1. The fourth-order valence-corrected chi connectivity index (χ4v) is 2.62. The minimum absolute atomic E-state index is 0.0176. The van der Waals surface area contributed by atoms with E-state index in [0.717, 1.165) is 16.7 Å². The summed E-state index contributed by atoms with van der Waals surface area (Å²) in [7, 11) is 0. The zero-order chi connectivity index (χ0) is 16.9. The Labute approximate surface area is 145 Å². The average molecular weight is 339 g/mol. The molecule has 1 N–H and O–H groups in total. The van der Waals surface area contributed by atoms with E-state index in [4.69, 9.17) is 21.4 Å². The summed E-state index contributed by atoms with van der Waals surface area (Å²) in [6, 6.07) is 22.3. The van der Waals surface area contributed by atoms with Crippen molar-refractivity contribution >= 4 is 17.6 Å². The maximum atomic E-state index is 10.9. The van der Waals surface area contributed by atoms with E-state index in [1.54, 1.807) is 18.2 Å². The molecule has 0 spiro atoms. The Morgan fingerprint density at radius 3 is 2.50 bits per heavy atom. The summed E-state index contributed by atoms with van der Waals surface area (Å²) >= 11 is 6.11. The molecule has 3 nitrogen and oxygen atoms in total. The number of hydrogen-bond acceptors (Lipinski definition) is 2. The quantitative estimate of drug-likeness (QED) is 0.675. The molecule has 0 bridgehead atoms. The second-order valence-corrected chi connectivity index (χ2v) is 5.76. The molecule has 24 heavy (non-hydrogen) atoms. The van der Waals surface area contributed by atoms with Gasteiger partial charge in [-0.05, 0) is 35.4 Å². The first kappa shape index (κ1) is 16.1. The van der Waals surface area contributed by atoms with E-state index in [1.165, 1.54) is 0 Å². The monoisotopic (exact) mass is 338 g/mol. The van der Waals surface area contributed by atoms with Gasteiger partial charge in [0.1, 0.15) is 11.5 Å². The van der Waals surface area contributed by atoms with Gasteiger partial charge in [0, 0.05) is 16.7 Å². The highest BCUT2D eigenvalue weighted by Gasteiger charge is 2.10. The van der Waals surface area contributed by atoms with Crippen LogP contribution in [0.25, 0.3) is 11.1 Å². The van der Waals surface area contributed by atoms with Gasteiger partial charge in [-0.25, -0.2) is 0 Å². The molecule has 3 rings (SSSR count). The van der Waals surface area contributed by atoms with Crippen molar-refractivity contribution in [1.29, 1.82) is 0 Å². The number of ether oxygens (including phenoxy) is 1. The molecule has 0 saturated carbocycles. The first-order chi connectivity index (χ1) is 11.6. The van der Waals surface area contributed by atoms with E-state index in [-0.39, 0.29) is 6.42 Å². The molecule has 0 aliphatic heterocycles. The maximum Gasteiger partial charge on any atom is 0.307 e. The fourth-order valence-electron chi connectivity index (χ4n) is 2.46. The van der Waals surface area contributed by atoms with Gasteiger partial charge < -0.3 is 9.84 Å². The van der Waals surface area contributed by atoms with E-state index < -0.39 is 5.97 Å². The summed E-state index contributed by atoms with van der Waals surface area (Å²) in [6.45, 7) is 0. The third kappa shape index (κ3) is 3.94. The molecule has 120 valence electrons. The second kappa shape index (κ2) is 7.20. The summed E-state index contributed by atoms with van der Waals surface area (Å²) in [4.78, 5) is 10.9. The van der Waals surface area contributed by atoms with Crippen LogP contribution in [0.2, 0.25) is 5.02 Å². The summed E-state index contributed by atoms with van der Waals surface area (Å²) in [6.07, 6.45) is -0.0176. The molecular weight excluding hydrogens is 324 g/mol. The predicted molar refractivity (Wildman–Crippen MR) is 94.7 cm³/mol. The van der Waals surface area contributed by atoms with Crippen LogP contribution >= 0.6 is 11.6 Å². The van der Waals surface area contributed by atoms with Gasteiger partial charge in [0.25, 0.3) is 0 Å². The standard InChI is InChI=1S/C20H15ClO3/c21-16-9-10-18(15-6-4-5-14(11-15)12-20(22)23)19(13-16)24-17-7-2-1-3-8-17/h1-11,13H,12H2,(H,22,23). The molecule has 0 radical (unpaired) electrons. The van der Waals surface area contributed by atoms with Gasteiger partial charge in [0.05, 0.1) is 6.42 Å². The van der Waals surface area contributed by atoms with Crippen LogP contribution in [0.3, 0.4) is 0 Å². The first-order valence-electron chi connectivity index (χ1n) is 7.45. The van der Waals surface area contributed by atoms with Crippen LogP contribution in [0.1, 0.15) is 5.56 Å². The lowest BCUT2D eigenvalue weighted by atomic mass is 10.0. The molecule has 0 saturated heterocycles. The normalized spacial score (nSPS) is 10.4. The lowest BCUT2D eigenvalue weighted by Crippen LogP contribution is -1.99. The minimum Gasteiger partial charge on any atom is -0.481 e. The number of carboxylic acids is 1. The number of hydrogen-bond donors (Lipinski definition) is 1. The van der Waals surface area contributed by atoms with Crippen molar-refractivity contribution in [1.82, 2.24) is 0 Å². The Morgan fingerprint density at radius 1 is 0.958 bits per heavy atom. The number of para-hydroxylation sites is 1. The Hall–Kier alpha value is -2.78. The Balaban J connectivity index is 2.00. The van der Waals surface area contributed by atoms with E-state index >= 15 is 0 Å². The predicted octanol–water partition coefficient (Wildman–Crippen LogP) is 5.43. The zero-order valence-electron chi connectivity index (χ0n) is 12.8. The van der Waals surface area contributed by atoms with Gasteiger partial charge in [-0.1, -0.05) is 54.1 Å². The molecule has 0 heterocycles. The maximum absolute atomic E-state index is 10.9. The van der Waals surface area contributed by atoms with Crippen LogP contribution in [-0.4, -0.2) is 11.1 Å². The van der Waals surface area contributed by atoms with Crippen LogP contribution in [0.4, 0.5) is 0 Å². The summed E-state index contributed by atoms with van der Waals surface area (Å²) in [5.74, 6) is 0.480. The molecule has 0 aliphatic rings. The van der Waals surface area contributed by atoms with Crippen molar-refractivity contribution in [2.45, 2.75) is 6.42 Å². The molecule has 0 atom stereocenters. The van der Waals surface area contributed by atoms with Gasteiger partial charge >= 0.3 is 5.97 Å². The van der Waals surface area contributed by atoms with Gasteiger partial charge in [-0.15, -0.1) is 0 Å². The molecule has 3 aromatic carbocycles. The number of carbonyl (C=O) groups is 1. The van der Waals surface area contributed by atoms with Gasteiger partial charge in [-0.2, -0.15) is 0 Å². The van der Waals surface area contributed by atoms with Crippen LogP contribution < -0.4 is 4.74 Å². The van der Waals surface area contributed by atoms with Crippen molar-refractivity contribution < 1.29 is 14.6 Å². The number of rotatable bonds is 5. The number of benzene rings is 3. The molecular formula is C20H15ClO3. The van der Waals surface area contributed by atoms with Crippen LogP contribution in [-0.2, 0) is 11.2 Å². The third-order valence-electron chi connectivity index (χ3n) is 3.51. The number of aliphatic carboxylic acids is 1. The molecule has 0 fully saturated rings. The lowest BCUT2D eigenvalue weighted by molar-refractivity contribution is -0.136. The molecule has 0 aromatic heterocycles. The Bertz CT molecular complexity index is 860. The van der Waals surface area contributed by atoms with Crippen LogP contribution in [0.15, 0.2) is 72.8 Å². The summed E-state index contributed by atoms with van der Waals surface area (Å²) in [5.41, 5.74) is 2.48. The van der Waals surface area contributed by atoms with Gasteiger partial charge in [0.15, 0.2) is 0 Å². The van der Waals surface area contributed by atoms with Crippen molar-refractivity contribution in [2.75, 3.05) is 0 Å². The van der Waals surface area contributed by atoms with Crippen LogP contribution in [0, 0.1) is 0 Å². The molecule has 0 amide bonds.